The van der Waals surface area contributed by atoms with Crippen LogP contribution in [0, 0.1) is 13.8 Å². The summed E-state index contributed by atoms with van der Waals surface area (Å²) in [4.78, 5) is 24.4. The highest BCUT2D eigenvalue weighted by Crippen LogP contribution is 2.25. The number of aromatic nitrogens is 4. The molecule has 2 aromatic heterocycles. The molecule has 0 spiro atoms. The second kappa shape index (κ2) is 8.83. The summed E-state index contributed by atoms with van der Waals surface area (Å²) < 4.78 is 35.4. The fourth-order valence-electron chi connectivity index (χ4n) is 3.12. The van der Waals surface area contributed by atoms with E-state index >= 15 is 0 Å². The number of benzene rings is 2. The number of anilines is 1. The number of nitrogens with zero attached hydrogens (tertiary/aromatic N) is 4. The average Bonchev–Trinajstić information content (AvgIpc) is 3.20. The van der Waals surface area contributed by atoms with Crippen molar-refractivity contribution in [1.29, 1.82) is 0 Å². The van der Waals surface area contributed by atoms with E-state index < -0.39 is 10.0 Å². The van der Waals surface area contributed by atoms with Crippen LogP contribution < -0.4 is 9.46 Å². The van der Waals surface area contributed by atoms with E-state index in [4.69, 9.17) is 4.74 Å². The Morgan fingerprint density at radius 2 is 1.70 bits per heavy atom. The van der Waals surface area contributed by atoms with Crippen LogP contribution >= 0.6 is 0 Å². The van der Waals surface area contributed by atoms with Crippen LogP contribution in [0.4, 0.5) is 5.69 Å². The standard InChI is InChI=1S/C23H21N5O4S/c1-15(29)18-4-10-21(11-5-18)33(30,31)27-19-6-8-20(9-7-19)32-23-14-22(25-16(2)26-23)28-13-12-24-17(28)3/h4-14,27H,1-3H3. The third-order valence-corrected chi connectivity index (χ3v) is 6.17. The fourth-order valence-corrected chi connectivity index (χ4v) is 4.17. The minimum Gasteiger partial charge on any atom is -0.439 e. The molecule has 4 aromatic rings. The molecule has 0 aliphatic heterocycles. The summed E-state index contributed by atoms with van der Waals surface area (Å²) in [5.41, 5.74) is 0.813. The van der Waals surface area contributed by atoms with Crippen molar-refractivity contribution in [3.05, 3.63) is 84.2 Å². The Hall–Kier alpha value is -4.05. The largest absolute Gasteiger partial charge is 0.439 e. The van der Waals surface area contributed by atoms with Gasteiger partial charge < -0.3 is 4.74 Å². The van der Waals surface area contributed by atoms with E-state index in [1.807, 2.05) is 11.5 Å². The van der Waals surface area contributed by atoms with Crippen LogP contribution in [-0.2, 0) is 10.0 Å². The lowest BCUT2D eigenvalue weighted by atomic mass is 10.2. The SMILES string of the molecule is CC(=O)c1ccc(S(=O)(=O)Nc2ccc(Oc3cc(-n4ccnc4C)nc(C)n3)cc2)cc1. The van der Waals surface area contributed by atoms with Crippen LogP contribution in [0.3, 0.4) is 0 Å². The van der Waals surface area contributed by atoms with Crippen molar-refractivity contribution in [1.82, 2.24) is 19.5 Å². The van der Waals surface area contributed by atoms with Crippen molar-refractivity contribution in [2.45, 2.75) is 25.7 Å². The molecule has 0 fully saturated rings. The van der Waals surface area contributed by atoms with Gasteiger partial charge in [-0.15, -0.1) is 0 Å². The normalized spacial score (nSPS) is 11.2. The van der Waals surface area contributed by atoms with Gasteiger partial charge in [0, 0.05) is 29.7 Å². The maximum Gasteiger partial charge on any atom is 0.261 e. The Morgan fingerprint density at radius 1 is 1.00 bits per heavy atom. The van der Waals surface area contributed by atoms with Crippen LogP contribution in [0.15, 0.2) is 71.9 Å². The number of Topliss-reactive ketones (excluding diaryl/α,β-unsaturated/α-hetero) is 1. The first-order chi connectivity index (χ1) is 15.7. The zero-order valence-corrected chi connectivity index (χ0v) is 19.0. The average molecular weight is 464 g/mol. The van der Waals surface area contributed by atoms with E-state index in [9.17, 15) is 13.2 Å². The first-order valence-corrected chi connectivity index (χ1v) is 11.5. The summed E-state index contributed by atoms with van der Waals surface area (Å²) in [6.45, 7) is 5.06. The number of ether oxygens (including phenoxy) is 1. The molecule has 9 nitrogen and oxygen atoms in total. The molecule has 1 N–H and O–H groups in total. The monoisotopic (exact) mass is 463 g/mol. The van der Waals surface area contributed by atoms with Gasteiger partial charge in [0.05, 0.1) is 4.90 Å². The predicted molar refractivity (Wildman–Crippen MR) is 122 cm³/mol. The molecule has 0 saturated carbocycles. The van der Waals surface area contributed by atoms with E-state index in [1.165, 1.54) is 31.2 Å². The van der Waals surface area contributed by atoms with E-state index in [1.54, 1.807) is 49.6 Å². The maximum atomic E-state index is 12.6. The first kappa shape index (κ1) is 22.2. The third kappa shape index (κ3) is 5.07. The van der Waals surface area contributed by atoms with E-state index in [0.29, 0.717) is 34.5 Å². The Bertz CT molecular complexity index is 1410. The topological polar surface area (TPSA) is 116 Å². The van der Waals surface area contributed by atoms with Gasteiger partial charge in [-0.1, -0.05) is 12.1 Å². The molecule has 0 unspecified atom stereocenters. The molecule has 10 heteroatoms. The summed E-state index contributed by atoms with van der Waals surface area (Å²) in [5.74, 6) is 2.66. The van der Waals surface area contributed by atoms with Gasteiger partial charge in [-0.05, 0) is 57.2 Å². The Labute approximate surface area is 191 Å². The zero-order chi connectivity index (χ0) is 23.6. The number of imidazole rings is 1. The van der Waals surface area contributed by atoms with Crippen LogP contribution in [0.2, 0.25) is 0 Å². The van der Waals surface area contributed by atoms with Gasteiger partial charge in [0.1, 0.15) is 23.2 Å². The molecule has 4 rings (SSSR count). The molecule has 0 aliphatic carbocycles. The number of nitrogens with one attached hydrogen (secondary N) is 1. The number of ketones is 1. The second-order valence-electron chi connectivity index (χ2n) is 7.27. The van der Waals surface area contributed by atoms with Gasteiger partial charge in [-0.25, -0.2) is 18.4 Å². The Kier molecular flexibility index (Phi) is 5.93. The molecule has 2 heterocycles. The van der Waals surface area contributed by atoms with Crippen molar-refractivity contribution >= 4 is 21.5 Å². The first-order valence-electron chi connectivity index (χ1n) is 9.99. The van der Waals surface area contributed by atoms with Crippen LogP contribution in [0.5, 0.6) is 11.6 Å². The molecule has 0 aliphatic rings. The van der Waals surface area contributed by atoms with Crippen LogP contribution in [-0.4, -0.2) is 33.7 Å². The summed E-state index contributed by atoms with van der Waals surface area (Å²) in [7, 11) is -3.80. The molecule has 2 aromatic carbocycles. The van der Waals surface area contributed by atoms with Crippen molar-refractivity contribution in [2.75, 3.05) is 4.72 Å². The number of carbonyl (C=O) groups is 1. The fraction of sp³-hybridized carbons (Fsp3) is 0.130. The summed E-state index contributed by atoms with van der Waals surface area (Å²) in [5, 5.41) is 0. The zero-order valence-electron chi connectivity index (χ0n) is 18.2. The maximum absolute atomic E-state index is 12.6. The number of carbonyl (C=O) groups excluding carboxylic acids is 1. The molecule has 0 atom stereocenters. The summed E-state index contributed by atoms with van der Waals surface area (Å²) in [6.07, 6.45) is 3.49. The molecule has 0 bridgehead atoms. The Morgan fingerprint density at radius 3 is 2.30 bits per heavy atom. The van der Waals surface area contributed by atoms with Crippen molar-refractivity contribution in [3.63, 3.8) is 0 Å². The highest BCUT2D eigenvalue weighted by Gasteiger charge is 2.15. The van der Waals surface area contributed by atoms with E-state index in [0.717, 1.165) is 5.82 Å². The van der Waals surface area contributed by atoms with Gasteiger partial charge in [0.15, 0.2) is 5.78 Å². The summed E-state index contributed by atoms with van der Waals surface area (Å²) >= 11 is 0. The van der Waals surface area contributed by atoms with Gasteiger partial charge in [0.25, 0.3) is 10.0 Å². The molecule has 0 radical (unpaired) electrons. The number of aryl methyl sites for hydroxylation is 2. The van der Waals surface area contributed by atoms with Crippen LogP contribution in [0.25, 0.3) is 5.82 Å². The highest BCUT2D eigenvalue weighted by atomic mass is 32.2. The molecule has 168 valence electrons. The van der Waals surface area contributed by atoms with Gasteiger partial charge in [-0.3, -0.25) is 14.1 Å². The second-order valence-corrected chi connectivity index (χ2v) is 8.95. The summed E-state index contributed by atoms with van der Waals surface area (Å²) in [6, 6.07) is 13.9. The quantitative estimate of drug-likeness (QED) is 0.411. The molecular formula is C23H21N5O4S. The van der Waals surface area contributed by atoms with E-state index in [2.05, 4.69) is 19.7 Å². The van der Waals surface area contributed by atoms with Crippen LogP contribution in [0.1, 0.15) is 28.9 Å². The lowest BCUT2D eigenvalue weighted by Gasteiger charge is -2.11. The molecule has 0 saturated heterocycles. The van der Waals surface area contributed by atoms with E-state index in [-0.39, 0.29) is 10.7 Å². The number of hydrogen-bond acceptors (Lipinski definition) is 7. The van der Waals surface area contributed by atoms with Gasteiger partial charge >= 0.3 is 0 Å². The lowest BCUT2D eigenvalue weighted by Crippen LogP contribution is -2.13. The highest BCUT2D eigenvalue weighted by molar-refractivity contribution is 7.92. The smallest absolute Gasteiger partial charge is 0.261 e. The predicted octanol–water partition coefficient (Wildman–Crippen LogP) is 4.07. The van der Waals surface area contributed by atoms with Gasteiger partial charge in [0.2, 0.25) is 5.88 Å². The Balaban J connectivity index is 1.49. The van der Waals surface area contributed by atoms with Crippen molar-refractivity contribution < 1.29 is 17.9 Å². The van der Waals surface area contributed by atoms with Crippen molar-refractivity contribution in [2.24, 2.45) is 0 Å². The molecular weight excluding hydrogens is 442 g/mol. The third-order valence-electron chi connectivity index (χ3n) is 4.77. The van der Waals surface area contributed by atoms with Crippen molar-refractivity contribution in [3.8, 4) is 17.4 Å². The lowest BCUT2D eigenvalue weighted by molar-refractivity contribution is 0.101. The number of rotatable bonds is 7. The minimum absolute atomic E-state index is 0.0617. The minimum atomic E-state index is -3.80. The molecule has 0 amide bonds. The number of hydrogen-bond donors (Lipinski definition) is 1. The van der Waals surface area contributed by atoms with Gasteiger partial charge in [-0.2, -0.15) is 4.98 Å². The number of sulfonamides is 1. The molecule has 33 heavy (non-hydrogen) atoms.